The van der Waals surface area contributed by atoms with Gasteiger partial charge in [-0.3, -0.25) is 24.2 Å². The van der Waals surface area contributed by atoms with E-state index in [0.717, 1.165) is 42.4 Å². The molecule has 1 N–H and O–H groups in total. The summed E-state index contributed by atoms with van der Waals surface area (Å²) < 4.78 is 23.7. The lowest BCUT2D eigenvalue weighted by Crippen LogP contribution is -2.40. The van der Waals surface area contributed by atoms with Crippen LogP contribution in [0.25, 0.3) is 22.4 Å². The van der Waals surface area contributed by atoms with E-state index in [4.69, 9.17) is 14.5 Å². The monoisotopic (exact) mass is 608 g/mol. The van der Waals surface area contributed by atoms with Gasteiger partial charge >= 0.3 is 5.97 Å². The van der Waals surface area contributed by atoms with E-state index >= 15 is 0 Å². The molecule has 0 radical (unpaired) electrons. The lowest BCUT2D eigenvalue weighted by Gasteiger charge is -2.29. The zero-order valence-electron chi connectivity index (χ0n) is 23.8. The van der Waals surface area contributed by atoms with Gasteiger partial charge in [0, 0.05) is 60.5 Å². The van der Waals surface area contributed by atoms with Crippen molar-refractivity contribution < 1.29 is 33.4 Å². The Morgan fingerprint density at radius 2 is 2.00 bits per heavy atom. The van der Waals surface area contributed by atoms with E-state index in [2.05, 4.69) is 4.98 Å². The first-order chi connectivity index (χ1) is 20.8. The number of carboxylic acid groups (broad SMARTS) is 1. The minimum atomic E-state index is -0.994. The summed E-state index contributed by atoms with van der Waals surface area (Å²) in [5, 5.41) is 12.0. The summed E-state index contributed by atoms with van der Waals surface area (Å²) in [4.78, 5) is 50.6. The highest BCUT2D eigenvalue weighted by Gasteiger charge is 2.40. The van der Waals surface area contributed by atoms with E-state index in [9.17, 15) is 23.9 Å². The Morgan fingerprint density at radius 1 is 1.21 bits per heavy atom. The number of thiazole rings is 1. The average Bonchev–Trinajstić information content (AvgIpc) is 3.64. The normalized spacial score (nSPS) is 17.5. The highest BCUT2D eigenvalue weighted by molar-refractivity contribution is 7.14. The maximum absolute atomic E-state index is 14.0. The molecule has 0 unspecified atom stereocenters. The molecular weight excluding hydrogens is 575 g/mol. The van der Waals surface area contributed by atoms with Crippen LogP contribution < -0.4 is 14.5 Å². The summed E-state index contributed by atoms with van der Waals surface area (Å²) in [6, 6.07) is 7.10. The van der Waals surface area contributed by atoms with Gasteiger partial charge in [-0.15, -0.1) is 11.3 Å². The van der Waals surface area contributed by atoms with Crippen LogP contribution in [-0.2, 0) is 25.5 Å². The van der Waals surface area contributed by atoms with Gasteiger partial charge in [-0.05, 0) is 67.9 Å². The molecule has 1 aliphatic carbocycles. The zero-order valence-corrected chi connectivity index (χ0v) is 24.6. The van der Waals surface area contributed by atoms with Crippen LogP contribution in [0.1, 0.15) is 44.1 Å². The number of aliphatic carboxylic acids is 1. The highest BCUT2D eigenvalue weighted by atomic mass is 32.1. The first-order valence-electron chi connectivity index (χ1n) is 14.5. The van der Waals surface area contributed by atoms with Crippen molar-refractivity contribution in [1.82, 2.24) is 9.97 Å². The molecule has 2 aromatic heterocycles. The van der Waals surface area contributed by atoms with Gasteiger partial charge in [0.1, 0.15) is 11.6 Å². The van der Waals surface area contributed by atoms with Crippen molar-refractivity contribution in [2.75, 3.05) is 36.9 Å². The molecule has 2 aliphatic heterocycles. The third kappa shape index (κ3) is 6.25. The number of nitrogens with zero attached hydrogens (tertiary/aromatic N) is 4. The molecule has 10 nitrogen and oxygen atoms in total. The molecule has 3 aliphatic rings. The number of amides is 2. The molecule has 2 amide bonds. The molecule has 1 saturated heterocycles. The predicted molar refractivity (Wildman–Crippen MR) is 159 cm³/mol. The van der Waals surface area contributed by atoms with Crippen LogP contribution in [0.4, 0.5) is 15.3 Å². The molecule has 0 spiro atoms. The molecule has 3 aromatic rings. The molecule has 1 saturated carbocycles. The molecule has 12 heteroatoms. The first kappa shape index (κ1) is 29.2. The Hall–Kier alpha value is -3.90. The number of fused-ring (bicyclic) bond motifs is 1. The van der Waals surface area contributed by atoms with Crippen molar-refractivity contribution in [1.29, 1.82) is 0 Å². The van der Waals surface area contributed by atoms with E-state index in [-0.39, 0.29) is 36.6 Å². The standard InChI is InChI=1S/C31H33FN4O6S/c1-35-27(37)12-19-11-21(15-33-29(19)35)24-5-4-23(42-17-32)14-25(24)26-16-43-31(34-26)36(22-2-3-22)30(40)20(13-28(38)39)10-18-6-8-41-9-7-18/h4-5,11,14-16,18,20,22H,2-3,6-10,12-13,17H2,1H3,(H,38,39)/t20-/m1/s1. The number of carbonyl (C=O) groups excluding carboxylic acids is 2. The molecule has 4 heterocycles. The number of aromatic nitrogens is 2. The summed E-state index contributed by atoms with van der Waals surface area (Å²) in [5.74, 6) is -0.685. The SMILES string of the molecule is CN1C(=O)Cc2cc(-c3ccc(OCF)cc3-c3csc(N(C(=O)[C@@H](CC(=O)O)CC4CCOCC4)C4CC4)n3)cnc21. The second-order valence-electron chi connectivity index (χ2n) is 11.3. The molecular formula is C31H33FN4O6S. The number of halogens is 1. The minimum absolute atomic E-state index is 0.0198. The Labute approximate surface area is 252 Å². The third-order valence-corrected chi connectivity index (χ3v) is 9.19. The van der Waals surface area contributed by atoms with E-state index in [1.54, 1.807) is 30.3 Å². The van der Waals surface area contributed by atoms with Crippen molar-refractivity contribution in [2.45, 2.75) is 51.0 Å². The van der Waals surface area contributed by atoms with Crippen LogP contribution in [-0.4, -0.2) is 66.0 Å². The predicted octanol–water partition coefficient (Wildman–Crippen LogP) is 5.10. The van der Waals surface area contributed by atoms with Gasteiger partial charge < -0.3 is 14.6 Å². The Bertz CT molecular complexity index is 1540. The van der Waals surface area contributed by atoms with Crippen molar-refractivity contribution in [2.24, 2.45) is 11.8 Å². The van der Waals surface area contributed by atoms with Gasteiger partial charge in [0.25, 0.3) is 0 Å². The zero-order chi connectivity index (χ0) is 30.1. The number of hydrogen-bond acceptors (Lipinski definition) is 8. The van der Waals surface area contributed by atoms with Crippen LogP contribution in [0.3, 0.4) is 0 Å². The maximum atomic E-state index is 14.0. The Balaban J connectivity index is 1.33. The lowest BCUT2D eigenvalue weighted by molar-refractivity contribution is -0.141. The fraction of sp³-hybridized carbons (Fsp3) is 0.452. The fourth-order valence-electron chi connectivity index (χ4n) is 5.95. The van der Waals surface area contributed by atoms with Crippen LogP contribution in [0.15, 0.2) is 35.8 Å². The van der Waals surface area contributed by atoms with Gasteiger partial charge in [-0.25, -0.2) is 14.4 Å². The maximum Gasteiger partial charge on any atom is 0.304 e. The van der Waals surface area contributed by atoms with Crippen molar-refractivity contribution in [3.05, 3.63) is 41.4 Å². The summed E-state index contributed by atoms with van der Waals surface area (Å²) in [5.41, 5.74) is 3.60. The molecule has 6 rings (SSSR count). The Morgan fingerprint density at radius 3 is 2.72 bits per heavy atom. The van der Waals surface area contributed by atoms with Crippen LogP contribution in [0.2, 0.25) is 0 Å². The smallest absolute Gasteiger partial charge is 0.304 e. The number of likely N-dealkylation sites (N-methyl/N-ethyl adjacent to an activating group) is 1. The molecule has 1 atom stereocenters. The number of benzene rings is 1. The van der Waals surface area contributed by atoms with Crippen LogP contribution in [0.5, 0.6) is 5.75 Å². The van der Waals surface area contributed by atoms with E-state index < -0.39 is 18.7 Å². The van der Waals surface area contributed by atoms with Crippen LogP contribution in [0, 0.1) is 11.8 Å². The van der Waals surface area contributed by atoms with E-state index in [1.807, 2.05) is 17.5 Å². The minimum Gasteiger partial charge on any atom is -0.481 e. The highest BCUT2D eigenvalue weighted by Crippen LogP contribution is 2.42. The molecule has 43 heavy (non-hydrogen) atoms. The quantitative estimate of drug-likeness (QED) is 0.319. The molecule has 0 bridgehead atoms. The number of rotatable bonds is 11. The van der Waals surface area contributed by atoms with Gasteiger partial charge in [0.05, 0.1) is 18.5 Å². The number of carboxylic acids is 1. The summed E-state index contributed by atoms with van der Waals surface area (Å²) in [6.45, 7) is 0.264. The summed E-state index contributed by atoms with van der Waals surface area (Å²) >= 11 is 1.32. The number of pyridine rings is 1. The number of carbonyl (C=O) groups is 3. The van der Waals surface area contributed by atoms with Gasteiger partial charge in [0.15, 0.2) is 5.13 Å². The third-order valence-electron chi connectivity index (χ3n) is 8.35. The largest absolute Gasteiger partial charge is 0.481 e. The summed E-state index contributed by atoms with van der Waals surface area (Å²) in [6.07, 6.45) is 5.53. The molecule has 1 aromatic carbocycles. The van der Waals surface area contributed by atoms with Gasteiger partial charge in [-0.1, -0.05) is 0 Å². The fourth-order valence-corrected chi connectivity index (χ4v) is 6.85. The summed E-state index contributed by atoms with van der Waals surface area (Å²) in [7, 11) is 1.70. The molecule has 226 valence electrons. The van der Waals surface area contributed by atoms with Gasteiger partial charge in [0.2, 0.25) is 18.7 Å². The topological polar surface area (TPSA) is 122 Å². The van der Waals surface area contributed by atoms with Crippen molar-refractivity contribution in [3.63, 3.8) is 0 Å². The number of alkyl halides is 1. The average molecular weight is 609 g/mol. The van der Waals surface area contributed by atoms with Crippen molar-refractivity contribution >= 4 is 40.1 Å². The number of hydrogen-bond donors (Lipinski definition) is 1. The second-order valence-corrected chi connectivity index (χ2v) is 12.2. The van der Waals surface area contributed by atoms with E-state index in [0.29, 0.717) is 47.6 Å². The number of anilines is 2. The van der Waals surface area contributed by atoms with Gasteiger partial charge in [-0.2, -0.15) is 0 Å². The van der Waals surface area contributed by atoms with Crippen LogP contribution >= 0.6 is 11.3 Å². The Kier molecular flexibility index (Phi) is 8.40. The van der Waals surface area contributed by atoms with Crippen molar-refractivity contribution in [3.8, 4) is 28.1 Å². The van der Waals surface area contributed by atoms with E-state index in [1.165, 1.54) is 16.2 Å². The number of ether oxygens (including phenoxy) is 2. The second kappa shape index (κ2) is 12.4. The first-order valence-corrected chi connectivity index (χ1v) is 15.4. The lowest BCUT2D eigenvalue weighted by atomic mass is 9.86. The molecule has 2 fully saturated rings.